The van der Waals surface area contributed by atoms with Gasteiger partial charge < -0.3 is 4.74 Å². The topological polar surface area (TPSA) is 64.1 Å². The zero-order valence-electron chi connectivity index (χ0n) is 13.0. The smallest absolute Gasteiger partial charge is 0.257 e. The van der Waals surface area contributed by atoms with Gasteiger partial charge in [0.15, 0.2) is 17.4 Å². The third-order valence-electron chi connectivity index (χ3n) is 3.45. The van der Waals surface area contributed by atoms with Crippen molar-refractivity contribution in [3.63, 3.8) is 0 Å². The van der Waals surface area contributed by atoms with Gasteiger partial charge in [0, 0.05) is 22.7 Å². The molecule has 0 saturated heterocycles. The molecule has 0 aliphatic rings. The van der Waals surface area contributed by atoms with Crippen LogP contribution in [0.1, 0.15) is 15.9 Å². The first-order valence-corrected chi connectivity index (χ1v) is 7.90. The fraction of sp³-hybridized carbons (Fsp3) is 0.118. The number of aromatic nitrogens is 2. The first-order valence-electron chi connectivity index (χ1n) is 7.13. The van der Waals surface area contributed by atoms with Gasteiger partial charge in [-0.05, 0) is 36.8 Å². The van der Waals surface area contributed by atoms with Crippen molar-refractivity contribution < 1.29 is 13.9 Å². The number of rotatable bonds is 4. The lowest BCUT2D eigenvalue weighted by molar-refractivity contribution is 0.102. The highest BCUT2D eigenvalue weighted by atomic mass is 32.1. The highest BCUT2D eigenvalue weighted by Crippen LogP contribution is 2.26. The van der Waals surface area contributed by atoms with Crippen molar-refractivity contribution in [3.8, 4) is 17.1 Å². The summed E-state index contributed by atoms with van der Waals surface area (Å²) >= 11 is 1.04. The average Bonchev–Trinajstić information content (AvgIpc) is 3.03. The maximum absolute atomic E-state index is 13.8. The Morgan fingerprint density at radius 3 is 2.75 bits per heavy atom. The van der Waals surface area contributed by atoms with Crippen LogP contribution in [-0.4, -0.2) is 22.4 Å². The summed E-state index contributed by atoms with van der Waals surface area (Å²) in [6.45, 7) is 1.86. The minimum Gasteiger partial charge on any atom is -0.494 e. The number of benzene rings is 2. The molecule has 1 N–H and O–H groups in total. The molecule has 0 spiro atoms. The molecule has 0 atom stereocenters. The molecule has 0 aliphatic heterocycles. The highest BCUT2D eigenvalue weighted by Gasteiger charge is 2.14. The highest BCUT2D eigenvalue weighted by molar-refractivity contribution is 7.10. The number of methoxy groups -OCH3 is 1. The van der Waals surface area contributed by atoms with Gasteiger partial charge in [-0.25, -0.2) is 4.39 Å². The number of aryl methyl sites for hydroxylation is 1. The van der Waals surface area contributed by atoms with E-state index in [1.165, 1.54) is 19.2 Å². The van der Waals surface area contributed by atoms with Gasteiger partial charge >= 0.3 is 0 Å². The second-order valence-electron chi connectivity index (χ2n) is 5.04. The maximum Gasteiger partial charge on any atom is 0.257 e. The fourth-order valence-electron chi connectivity index (χ4n) is 2.19. The van der Waals surface area contributed by atoms with E-state index in [0.717, 1.165) is 17.1 Å². The van der Waals surface area contributed by atoms with Crippen molar-refractivity contribution in [2.75, 3.05) is 12.4 Å². The molecule has 122 valence electrons. The fourth-order valence-corrected chi connectivity index (χ4v) is 2.77. The normalized spacial score (nSPS) is 10.5. The van der Waals surface area contributed by atoms with Gasteiger partial charge in [0.2, 0.25) is 5.13 Å². The van der Waals surface area contributed by atoms with Crippen molar-refractivity contribution in [1.82, 2.24) is 9.36 Å². The molecule has 0 bridgehead atoms. The largest absolute Gasteiger partial charge is 0.494 e. The van der Waals surface area contributed by atoms with Crippen molar-refractivity contribution in [1.29, 1.82) is 0 Å². The van der Waals surface area contributed by atoms with Crippen LogP contribution in [0.3, 0.4) is 0 Å². The van der Waals surface area contributed by atoms with E-state index >= 15 is 0 Å². The molecule has 0 unspecified atom stereocenters. The lowest BCUT2D eigenvalue weighted by Crippen LogP contribution is -2.12. The molecule has 1 amide bonds. The van der Waals surface area contributed by atoms with Crippen LogP contribution in [0.5, 0.6) is 5.75 Å². The van der Waals surface area contributed by atoms with E-state index in [4.69, 9.17) is 4.74 Å². The van der Waals surface area contributed by atoms with Crippen LogP contribution >= 0.6 is 11.5 Å². The average molecular weight is 343 g/mol. The molecular formula is C17H14FN3O2S. The van der Waals surface area contributed by atoms with Crippen LogP contribution in [0.4, 0.5) is 9.52 Å². The van der Waals surface area contributed by atoms with Gasteiger partial charge in [-0.1, -0.05) is 18.2 Å². The number of ether oxygens (including phenoxy) is 1. The maximum atomic E-state index is 13.8. The molecule has 0 radical (unpaired) electrons. The minimum atomic E-state index is -0.490. The minimum absolute atomic E-state index is 0.155. The summed E-state index contributed by atoms with van der Waals surface area (Å²) in [7, 11) is 1.40. The zero-order chi connectivity index (χ0) is 17.1. The zero-order valence-corrected chi connectivity index (χ0v) is 13.9. The molecule has 3 rings (SSSR count). The molecule has 24 heavy (non-hydrogen) atoms. The Labute approximate surface area is 142 Å². The molecule has 0 fully saturated rings. The standard InChI is InChI=1S/C17H14FN3O2S/c1-10-5-3-4-6-12(10)16(22)20-17-19-15(21-24-17)11-7-8-14(23-2)13(18)9-11/h3-9H,1-2H3,(H,19,20,21,22). The molecule has 1 aromatic heterocycles. The summed E-state index contributed by atoms with van der Waals surface area (Å²) in [5, 5.41) is 3.07. The third kappa shape index (κ3) is 3.26. The van der Waals surface area contributed by atoms with Crippen LogP contribution in [-0.2, 0) is 0 Å². The summed E-state index contributed by atoms with van der Waals surface area (Å²) in [6.07, 6.45) is 0. The molecular weight excluding hydrogens is 329 g/mol. The lowest BCUT2D eigenvalue weighted by Gasteiger charge is -2.04. The lowest BCUT2D eigenvalue weighted by atomic mass is 10.1. The van der Waals surface area contributed by atoms with Crippen molar-refractivity contribution in [2.24, 2.45) is 0 Å². The van der Waals surface area contributed by atoms with E-state index in [9.17, 15) is 9.18 Å². The van der Waals surface area contributed by atoms with E-state index < -0.39 is 5.82 Å². The molecule has 5 nitrogen and oxygen atoms in total. The van der Waals surface area contributed by atoms with Gasteiger partial charge in [-0.3, -0.25) is 10.1 Å². The van der Waals surface area contributed by atoms with E-state index in [-0.39, 0.29) is 11.7 Å². The number of amides is 1. The van der Waals surface area contributed by atoms with Crippen LogP contribution in [0, 0.1) is 12.7 Å². The Bertz CT molecular complexity index is 895. The van der Waals surface area contributed by atoms with Crippen molar-refractivity contribution in [3.05, 3.63) is 59.4 Å². The molecule has 0 aliphatic carbocycles. The molecule has 1 heterocycles. The summed E-state index contributed by atoms with van der Waals surface area (Å²) in [5.41, 5.74) is 1.96. The Morgan fingerprint density at radius 1 is 1.25 bits per heavy atom. The van der Waals surface area contributed by atoms with Gasteiger partial charge in [-0.15, -0.1) is 0 Å². The van der Waals surface area contributed by atoms with Gasteiger partial charge in [0.25, 0.3) is 5.91 Å². The summed E-state index contributed by atoms with van der Waals surface area (Å²) in [6, 6.07) is 11.7. The summed E-state index contributed by atoms with van der Waals surface area (Å²) in [4.78, 5) is 16.5. The molecule has 0 saturated carbocycles. The second-order valence-corrected chi connectivity index (χ2v) is 5.79. The molecule has 7 heteroatoms. The van der Waals surface area contributed by atoms with E-state index in [1.54, 1.807) is 18.2 Å². The van der Waals surface area contributed by atoms with Gasteiger partial charge in [0.1, 0.15) is 0 Å². The van der Waals surface area contributed by atoms with Crippen LogP contribution in [0.25, 0.3) is 11.4 Å². The Morgan fingerprint density at radius 2 is 2.04 bits per heavy atom. The first-order chi connectivity index (χ1) is 11.6. The number of anilines is 1. The Kier molecular flexibility index (Phi) is 4.52. The number of hydrogen-bond donors (Lipinski definition) is 1. The SMILES string of the molecule is COc1ccc(-c2nsc(NC(=O)c3ccccc3C)n2)cc1F. The quantitative estimate of drug-likeness (QED) is 0.780. The predicted octanol–water partition coefficient (Wildman–Crippen LogP) is 3.91. The van der Waals surface area contributed by atoms with Gasteiger partial charge in [-0.2, -0.15) is 9.36 Å². The molecule has 3 aromatic rings. The van der Waals surface area contributed by atoms with Crippen LogP contribution < -0.4 is 10.1 Å². The van der Waals surface area contributed by atoms with Crippen LogP contribution in [0.2, 0.25) is 0 Å². The molecule has 2 aromatic carbocycles. The number of nitrogens with one attached hydrogen (secondary N) is 1. The monoisotopic (exact) mass is 343 g/mol. The number of halogens is 1. The van der Waals surface area contributed by atoms with Crippen LogP contribution in [0.15, 0.2) is 42.5 Å². The number of carbonyl (C=O) groups is 1. The first kappa shape index (κ1) is 16.1. The predicted molar refractivity (Wildman–Crippen MR) is 91.0 cm³/mol. The number of hydrogen-bond acceptors (Lipinski definition) is 5. The van der Waals surface area contributed by atoms with E-state index in [2.05, 4.69) is 14.7 Å². The van der Waals surface area contributed by atoms with E-state index in [1.807, 2.05) is 19.1 Å². The van der Waals surface area contributed by atoms with Gasteiger partial charge in [0.05, 0.1) is 7.11 Å². The third-order valence-corrected chi connectivity index (χ3v) is 4.08. The Hall–Kier alpha value is -2.80. The number of nitrogens with zero attached hydrogens (tertiary/aromatic N) is 2. The second kappa shape index (κ2) is 6.76. The van der Waals surface area contributed by atoms with Crippen molar-refractivity contribution in [2.45, 2.75) is 6.92 Å². The van der Waals surface area contributed by atoms with Crippen molar-refractivity contribution >= 4 is 22.6 Å². The summed E-state index contributed by atoms with van der Waals surface area (Å²) in [5.74, 6) is -0.240. The Balaban J connectivity index is 1.80. The van der Waals surface area contributed by atoms with E-state index in [0.29, 0.717) is 22.1 Å². The summed E-state index contributed by atoms with van der Waals surface area (Å²) < 4.78 is 22.8. The number of carbonyl (C=O) groups excluding carboxylic acids is 1.